The summed E-state index contributed by atoms with van der Waals surface area (Å²) in [5.41, 5.74) is 6.33. The second-order valence-corrected chi connectivity index (χ2v) is 6.89. The van der Waals surface area contributed by atoms with Crippen molar-refractivity contribution in [3.63, 3.8) is 0 Å². The highest BCUT2D eigenvalue weighted by molar-refractivity contribution is 5.79. The van der Waals surface area contributed by atoms with Crippen molar-refractivity contribution in [3.8, 4) is 0 Å². The van der Waals surface area contributed by atoms with Gasteiger partial charge in [0.2, 0.25) is 5.91 Å². The molecule has 3 nitrogen and oxygen atoms in total. The molecular formula is C15H28N2O. The lowest BCUT2D eigenvalue weighted by Crippen LogP contribution is -2.44. The van der Waals surface area contributed by atoms with Crippen LogP contribution in [0, 0.1) is 17.3 Å². The first-order valence-electron chi connectivity index (χ1n) is 7.53. The third-order valence-electron chi connectivity index (χ3n) is 5.07. The van der Waals surface area contributed by atoms with Crippen LogP contribution in [0.1, 0.15) is 58.8 Å². The van der Waals surface area contributed by atoms with Gasteiger partial charge in [0.15, 0.2) is 0 Å². The van der Waals surface area contributed by atoms with Crippen LogP contribution in [-0.2, 0) is 4.79 Å². The van der Waals surface area contributed by atoms with E-state index >= 15 is 0 Å². The van der Waals surface area contributed by atoms with Gasteiger partial charge in [-0.25, -0.2) is 0 Å². The molecule has 2 rings (SSSR count). The van der Waals surface area contributed by atoms with Crippen LogP contribution in [0.2, 0.25) is 0 Å². The SMILES string of the molecule is CC1CCC(N)CC1C(=O)NCC1(C)CCCC1. The highest BCUT2D eigenvalue weighted by Gasteiger charge is 2.33. The molecule has 2 aliphatic carbocycles. The van der Waals surface area contributed by atoms with E-state index in [-0.39, 0.29) is 17.9 Å². The highest BCUT2D eigenvalue weighted by Crippen LogP contribution is 2.37. The zero-order valence-electron chi connectivity index (χ0n) is 11.9. The lowest BCUT2D eigenvalue weighted by Gasteiger charge is -2.33. The van der Waals surface area contributed by atoms with Gasteiger partial charge < -0.3 is 11.1 Å². The van der Waals surface area contributed by atoms with Crippen molar-refractivity contribution in [2.75, 3.05) is 6.54 Å². The molecule has 104 valence electrons. The first-order chi connectivity index (χ1) is 8.50. The normalized spacial score (nSPS) is 35.4. The molecule has 2 fully saturated rings. The molecular weight excluding hydrogens is 224 g/mol. The topological polar surface area (TPSA) is 55.1 Å². The number of carbonyl (C=O) groups excluding carboxylic acids is 1. The van der Waals surface area contributed by atoms with Gasteiger partial charge in [-0.3, -0.25) is 4.79 Å². The lowest BCUT2D eigenvalue weighted by molar-refractivity contribution is -0.128. The number of rotatable bonds is 3. The standard InChI is InChI=1S/C15H28N2O/c1-11-5-6-12(16)9-13(11)14(18)17-10-15(2)7-3-4-8-15/h11-13H,3-10,16H2,1-2H3,(H,17,18). The van der Waals surface area contributed by atoms with E-state index in [9.17, 15) is 4.79 Å². The Labute approximate surface area is 111 Å². The van der Waals surface area contributed by atoms with Gasteiger partial charge in [-0.2, -0.15) is 0 Å². The van der Waals surface area contributed by atoms with Crippen molar-refractivity contribution < 1.29 is 4.79 Å². The van der Waals surface area contributed by atoms with Crippen molar-refractivity contribution in [3.05, 3.63) is 0 Å². The average Bonchev–Trinajstić information content (AvgIpc) is 2.77. The fourth-order valence-corrected chi connectivity index (χ4v) is 3.56. The quantitative estimate of drug-likeness (QED) is 0.810. The molecule has 0 aromatic heterocycles. The fourth-order valence-electron chi connectivity index (χ4n) is 3.56. The van der Waals surface area contributed by atoms with E-state index in [0.29, 0.717) is 11.3 Å². The minimum Gasteiger partial charge on any atom is -0.355 e. The summed E-state index contributed by atoms with van der Waals surface area (Å²) in [6.07, 6.45) is 8.18. The number of carbonyl (C=O) groups is 1. The van der Waals surface area contributed by atoms with Gasteiger partial charge in [0.25, 0.3) is 0 Å². The summed E-state index contributed by atoms with van der Waals surface area (Å²) in [5.74, 6) is 0.866. The van der Waals surface area contributed by atoms with E-state index in [1.54, 1.807) is 0 Å². The largest absolute Gasteiger partial charge is 0.355 e. The maximum absolute atomic E-state index is 12.3. The van der Waals surface area contributed by atoms with Crippen molar-refractivity contribution in [1.29, 1.82) is 0 Å². The summed E-state index contributed by atoms with van der Waals surface area (Å²) >= 11 is 0. The van der Waals surface area contributed by atoms with Gasteiger partial charge in [0.05, 0.1) is 0 Å². The molecule has 1 amide bonds. The van der Waals surface area contributed by atoms with Gasteiger partial charge in [-0.05, 0) is 43.4 Å². The maximum atomic E-state index is 12.3. The molecule has 0 saturated heterocycles. The first kappa shape index (κ1) is 13.9. The zero-order chi connectivity index (χ0) is 13.2. The number of amides is 1. The minimum absolute atomic E-state index is 0.138. The van der Waals surface area contributed by atoms with Gasteiger partial charge in [-0.15, -0.1) is 0 Å². The van der Waals surface area contributed by atoms with E-state index in [4.69, 9.17) is 5.73 Å². The van der Waals surface area contributed by atoms with Crippen LogP contribution in [0.4, 0.5) is 0 Å². The summed E-state index contributed by atoms with van der Waals surface area (Å²) in [6, 6.07) is 0.221. The Bertz CT molecular complexity index is 297. The number of hydrogen-bond acceptors (Lipinski definition) is 2. The van der Waals surface area contributed by atoms with E-state index < -0.39 is 0 Å². The van der Waals surface area contributed by atoms with Gasteiger partial charge in [0.1, 0.15) is 0 Å². The molecule has 0 aromatic carbocycles. The van der Waals surface area contributed by atoms with Crippen LogP contribution in [0.5, 0.6) is 0 Å². The average molecular weight is 252 g/mol. The number of nitrogens with one attached hydrogen (secondary N) is 1. The van der Waals surface area contributed by atoms with Gasteiger partial charge in [0, 0.05) is 18.5 Å². The molecule has 0 spiro atoms. The summed E-state index contributed by atoms with van der Waals surface area (Å²) in [4.78, 5) is 12.3. The highest BCUT2D eigenvalue weighted by atomic mass is 16.1. The Morgan fingerprint density at radius 1 is 1.33 bits per heavy atom. The monoisotopic (exact) mass is 252 g/mol. The minimum atomic E-state index is 0.138. The van der Waals surface area contributed by atoms with E-state index in [1.165, 1.54) is 25.7 Å². The Balaban J connectivity index is 1.83. The maximum Gasteiger partial charge on any atom is 0.223 e. The van der Waals surface area contributed by atoms with E-state index in [0.717, 1.165) is 25.8 Å². The molecule has 2 saturated carbocycles. The molecule has 0 bridgehead atoms. The van der Waals surface area contributed by atoms with E-state index in [1.807, 2.05) is 0 Å². The molecule has 18 heavy (non-hydrogen) atoms. The van der Waals surface area contributed by atoms with Crippen molar-refractivity contribution in [2.45, 2.75) is 64.8 Å². The van der Waals surface area contributed by atoms with Crippen molar-refractivity contribution in [2.24, 2.45) is 23.0 Å². The van der Waals surface area contributed by atoms with Crippen LogP contribution in [-0.4, -0.2) is 18.5 Å². The molecule has 0 aliphatic heterocycles. The summed E-state index contributed by atoms with van der Waals surface area (Å²) in [5, 5.41) is 3.19. The molecule has 3 heteroatoms. The van der Waals surface area contributed by atoms with Gasteiger partial charge in [-0.1, -0.05) is 26.7 Å². The number of nitrogens with two attached hydrogens (primary N) is 1. The molecule has 0 aromatic rings. The smallest absolute Gasteiger partial charge is 0.223 e. The summed E-state index contributed by atoms with van der Waals surface area (Å²) in [6.45, 7) is 5.34. The second kappa shape index (κ2) is 5.60. The van der Waals surface area contributed by atoms with Crippen LogP contribution in [0.15, 0.2) is 0 Å². The Morgan fingerprint density at radius 2 is 2.00 bits per heavy atom. The zero-order valence-corrected chi connectivity index (χ0v) is 11.9. The lowest BCUT2D eigenvalue weighted by atomic mass is 9.77. The predicted molar refractivity (Wildman–Crippen MR) is 74.1 cm³/mol. The third-order valence-corrected chi connectivity index (χ3v) is 5.07. The first-order valence-corrected chi connectivity index (χ1v) is 7.53. The van der Waals surface area contributed by atoms with Crippen molar-refractivity contribution >= 4 is 5.91 Å². The third kappa shape index (κ3) is 3.25. The van der Waals surface area contributed by atoms with Crippen LogP contribution < -0.4 is 11.1 Å². The fraction of sp³-hybridized carbons (Fsp3) is 0.933. The molecule has 0 radical (unpaired) electrons. The molecule has 3 N–H and O–H groups in total. The van der Waals surface area contributed by atoms with Gasteiger partial charge >= 0.3 is 0 Å². The summed E-state index contributed by atoms with van der Waals surface area (Å²) < 4.78 is 0. The number of hydrogen-bond donors (Lipinski definition) is 2. The molecule has 3 unspecified atom stereocenters. The Morgan fingerprint density at radius 3 is 2.67 bits per heavy atom. The molecule has 2 aliphatic rings. The molecule has 3 atom stereocenters. The Hall–Kier alpha value is -0.570. The molecule has 0 heterocycles. The van der Waals surface area contributed by atoms with E-state index in [2.05, 4.69) is 19.2 Å². The summed E-state index contributed by atoms with van der Waals surface area (Å²) in [7, 11) is 0. The predicted octanol–water partition coefficient (Wildman–Crippen LogP) is 2.45. The van der Waals surface area contributed by atoms with Crippen LogP contribution >= 0.6 is 0 Å². The van der Waals surface area contributed by atoms with Crippen molar-refractivity contribution in [1.82, 2.24) is 5.32 Å². The van der Waals surface area contributed by atoms with Crippen LogP contribution in [0.25, 0.3) is 0 Å². The Kier molecular flexibility index (Phi) is 4.31. The van der Waals surface area contributed by atoms with Crippen LogP contribution in [0.3, 0.4) is 0 Å². The second-order valence-electron chi connectivity index (χ2n) is 6.89.